The van der Waals surface area contributed by atoms with Crippen molar-refractivity contribution in [2.75, 3.05) is 50.8 Å². The molecule has 4 rings (SSSR count). The monoisotopic (exact) mass is 561 g/mol. The normalized spacial score (nSPS) is 16.2. The van der Waals surface area contributed by atoms with Crippen LogP contribution in [0.5, 0.6) is 5.75 Å². The Balaban J connectivity index is 1.14. The van der Waals surface area contributed by atoms with Gasteiger partial charge in [-0.2, -0.15) is 13.2 Å². The summed E-state index contributed by atoms with van der Waals surface area (Å²) in [6, 6.07) is 20.8. The van der Waals surface area contributed by atoms with Gasteiger partial charge in [0.1, 0.15) is 12.4 Å². The Morgan fingerprint density at radius 1 is 0.974 bits per heavy atom. The number of aliphatic hydroxyl groups is 1. The molecule has 0 bridgehead atoms. The van der Waals surface area contributed by atoms with Crippen molar-refractivity contribution in [3.63, 3.8) is 0 Å². The van der Waals surface area contributed by atoms with Gasteiger partial charge in [-0.25, -0.2) is 0 Å². The van der Waals surface area contributed by atoms with E-state index in [0.29, 0.717) is 13.0 Å². The molecule has 2 N–H and O–H groups in total. The minimum absolute atomic E-state index is 0.0304. The second kappa shape index (κ2) is 13.5. The summed E-state index contributed by atoms with van der Waals surface area (Å²) >= 11 is 6.12. The molecule has 3 aromatic rings. The number of alkyl halides is 3. The van der Waals surface area contributed by atoms with Crippen molar-refractivity contribution in [1.82, 2.24) is 10.2 Å². The van der Waals surface area contributed by atoms with Crippen LogP contribution in [-0.4, -0.2) is 61.9 Å². The minimum atomic E-state index is -4.43. The Morgan fingerprint density at radius 2 is 1.69 bits per heavy atom. The van der Waals surface area contributed by atoms with Crippen LogP contribution in [0.2, 0.25) is 5.02 Å². The summed E-state index contributed by atoms with van der Waals surface area (Å²) < 4.78 is 44.8. The zero-order chi connectivity index (χ0) is 27.8. The molecule has 1 saturated heterocycles. The van der Waals surface area contributed by atoms with Crippen molar-refractivity contribution in [2.45, 2.75) is 31.7 Å². The van der Waals surface area contributed by atoms with Crippen LogP contribution in [0.4, 0.5) is 18.9 Å². The number of aliphatic hydroxyl groups excluding tert-OH is 1. The molecule has 0 spiro atoms. The highest BCUT2D eigenvalue weighted by Gasteiger charge is 2.30. The third-order valence-corrected chi connectivity index (χ3v) is 7.18. The van der Waals surface area contributed by atoms with E-state index in [0.717, 1.165) is 66.9 Å². The SMILES string of the molecule is CC(Cc1ccc(OCCN2CCN(c3cccc(Cl)c3)CC2)cc1)NCC(O)c1cccc(C(F)(F)F)c1. The molecule has 0 saturated carbocycles. The maximum atomic E-state index is 12.9. The Kier molecular flexibility index (Phi) is 10.1. The number of nitrogens with one attached hydrogen (secondary N) is 1. The lowest BCUT2D eigenvalue weighted by atomic mass is 10.0. The highest BCUT2D eigenvalue weighted by molar-refractivity contribution is 6.30. The first-order valence-electron chi connectivity index (χ1n) is 13.2. The molecular weight excluding hydrogens is 527 g/mol. The average molecular weight is 562 g/mol. The fraction of sp³-hybridized carbons (Fsp3) is 0.400. The fourth-order valence-electron chi connectivity index (χ4n) is 4.70. The molecule has 5 nitrogen and oxygen atoms in total. The molecule has 1 fully saturated rings. The van der Waals surface area contributed by atoms with E-state index in [1.807, 2.05) is 49.4 Å². The number of nitrogens with zero attached hydrogens (tertiary/aromatic N) is 2. The van der Waals surface area contributed by atoms with Crippen LogP contribution in [0.25, 0.3) is 0 Å². The number of benzene rings is 3. The number of hydrogen-bond donors (Lipinski definition) is 2. The molecule has 1 aliphatic rings. The van der Waals surface area contributed by atoms with E-state index < -0.39 is 17.8 Å². The highest BCUT2D eigenvalue weighted by atomic mass is 35.5. The Bertz CT molecular complexity index is 1180. The predicted molar refractivity (Wildman–Crippen MR) is 150 cm³/mol. The van der Waals surface area contributed by atoms with Gasteiger partial charge in [0.25, 0.3) is 0 Å². The number of piperazine rings is 1. The van der Waals surface area contributed by atoms with Gasteiger partial charge in [-0.1, -0.05) is 41.9 Å². The summed E-state index contributed by atoms with van der Waals surface area (Å²) in [5.41, 5.74) is 1.75. The maximum Gasteiger partial charge on any atom is 0.416 e. The summed E-state index contributed by atoms with van der Waals surface area (Å²) in [4.78, 5) is 4.75. The molecular formula is C30H35ClF3N3O2. The average Bonchev–Trinajstić information content (AvgIpc) is 2.93. The topological polar surface area (TPSA) is 48.0 Å². The lowest BCUT2D eigenvalue weighted by Crippen LogP contribution is -2.47. The number of hydrogen-bond acceptors (Lipinski definition) is 5. The van der Waals surface area contributed by atoms with Gasteiger partial charge >= 0.3 is 6.18 Å². The minimum Gasteiger partial charge on any atom is -0.492 e. The molecule has 2 unspecified atom stereocenters. The first-order chi connectivity index (χ1) is 18.7. The van der Waals surface area contributed by atoms with E-state index in [4.69, 9.17) is 16.3 Å². The third-order valence-electron chi connectivity index (χ3n) is 6.95. The second-order valence-electron chi connectivity index (χ2n) is 9.95. The zero-order valence-corrected chi connectivity index (χ0v) is 22.8. The van der Waals surface area contributed by atoms with Gasteiger partial charge in [0.2, 0.25) is 0 Å². The van der Waals surface area contributed by atoms with Crippen LogP contribution in [0.3, 0.4) is 0 Å². The van der Waals surface area contributed by atoms with Crippen molar-refractivity contribution >= 4 is 17.3 Å². The van der Waals surface area contributed by atoms with Gasteiger partial charge < -0.3 is 20.1 Å². The quantitative estimate of drug-likeness (QED) is 0.309. The van der Waals surface area contributed by atoms with Crippen LogP contribution in [-0.2, 0) is 12.6 Å². The van der Waals surface area contributed by atoms with Crippen molar-refractivity contribution in [3.05, 3.63) is 94.5 Å². The van der Waals surface area contributed by atoms with Gasteiger partial charge in [0.15, 0.2) is 0 Å². The molecule has 0 aromatic heterocycles. The Labute approximate surface area is 233 Å². The molecule has 39 heavy (non-hydrogen) atoms. The third kappa shape index (κ3) is 8.86. The molecule has 1 aliphatic heterocycles. The van der Waals surface area contributed by atoms with Crippen LogP contribution in [0, 0.1) is 0 Å². The molecule has 1 heterocycles. The van der Waals surface area contributed by atoms with E-state index in [9.17, 15) is 18.3 Å². The molecule has 9 heteroatoms. The largest absolute Gasteiger partial charge is 0.492 e. The van der Waals surface area contributed by atoms with E-state index in [2.05, 4.69) is 21.2 Å². The summed E-state index contributed by atoms with van der Waals surface area (Å²) in [5.74, 6) is 0.817. The van der Waals surface area contributed by atoms with E-state index >= 15 is 0 Å². The smallest absolute Gasteiger partial charge is 0.416 e. The summed E-state index contributed by atoms with van der Waals surface area (Å²) in [6.45, 7) is 7.48. The molecule has 0 radical (unpaired) electrons. The van der Waals surface area contributed by atoms with Crippen LogP contribution >= 0.6 is 11.6 Å². The first-order valence-corrected chi connectivity index (χ1v) is 13.6. The van der Waals surface area contributed by atoms with E-state index in [1.54, 1.807) is 0 Å². The zero-order valence-electron chi connectivity index (χ0n) is 22.0. The fourth-order valence-corrected chi connectivity index (χ4v) is 4.88. The lowest BCUT2D eigenvalue weighted by Gasteiger charge is -2.36. The van der Waals surface area contributed by atoms with Crippen molar-refractivity contribution in [3.8, 4) is 5.75 Å². The van der Waals surface area contributed by atoms with Gasteiger partial charge in [-0.05, 0) is 66.9 Å². The van der Waals surface area contributed by atoms with Crippen LogP contribution in [0.15, 0.2) is 72.8 Å². The predicted octanol–water partition coefficient (Wildman–Crippen LogP) is 5.81. The van der Waals surface area contributed by atoms with E-state index in [1.165, 1.54) is 12.1 Å². The van der Waals surface area contributed by atoms with Crippen molar-refractivity contribution in [2.24, 2.45) is 0 Å². The summed E-state index contributed by atoms with van der Waals surface area (Å²) in [5, 5.41) is 14.3. The van der Waals surface area contributed by atoms with Gasteiger partial charge in [-0.15, -0.1) is 0 Å². The molecule has 0 amide bonds. The molecule has 3 aromatic carbocycles. The molecule has 0 aliphatic carbocycles. The number of rotatable bonds is 11. The number of anilines is 1. The van der Waals surface area contributed by atoms with Crippen LogP contribution in [0.1, 0.15) is 29.7 Å². The number of ether oxygens (including phenoxy) is 1. The number of halogens is 4. The summed E-state index contributed by atoms with van der Waals surface area (Å²) in [7, 11) is 0. The standard InChI is InChI=1S/C30H35ClF3N3O2/c1-22(35-21-29(38)24-4-2-5-25(19-24)30(32,33)34)18-23-8-10-28(11-9-23)39-17-16-36-12-14-37(15-13-36)27-7-3-6-26(31)20-27/h2-11,19-20,22,29,35,38H,12-18,21H2,1H3. The highest BCUT2D eigenvalue weighted by Crippen LogP contribution is 2.30. The molecule has 2 atom stereocenters. The maximum absolute atomic E-state index is 12.9. The Hall–Kier alpha value is -2.78. The lowest BCUT2D eigenvalue weighted by molar-refractivity contribution is -0.137. The van der Waals surface area contributed by atoms with Gasteiger partial charge in [0.05, 0.1) is 11.7 Å². The van der Waals surface area contributed by atoms with Crippen molar-refractivity contribution < 1.29 is 23.0 Å². The molecule has 210 valence electrons. The Morgan fingerprint density at radius 3 is 2.38 bits per heavy atom. The van der Waals surface area contributed by atoms with Gasteiger partial charge in [0, 0.05) is 56.0 Å². The second-order valence-corrected chi connectivity index (χ2v) is 10.4. The first kappa shape index (κ1) is 29.2. The van der Waals surface area contributed by atoms with Crippen LogP contribution < -0.4 is 15.0 Å². The van der Waals surface area contributed by atoms with E-state index in [-0.39, 0.29) is 18.2 Å². The van der Waals surface area contributed by atoms with Gasteiger partial charge in [-0.3, -0.25) is 4.90 Å². The van der Waals surface area contributed by atoms with Crippen molar-refractivity contribution in [1.29, 1.82) is 0 Å². The summed E-state index contributed by atoms with van der Waals surface area (Å²) in [6.07, 6.45) is -4.74.